The van der Waals surface area contributed by atoms with Crippen molar-refractivity contribution in [3.8, 4) is 0 Å². The summed E-state index contributed by atoms with van der Waals surface area (Å²) in [6, 6.07) is 0. The summed E-state index contributed by atoms with van der Waals surface area (Å²) in [5.41, 5.74) is 0. The van der Waals surface area contributed by atoms with Crippen LogP contribution in [0.5, 0.6) is 0 Å². The van der Waals surface area contributed by atoms with E-state index in [9.17, 15) is 4.79 Å². The number of hydrogen-bond acceptors (Lipinski definition) is 4. The van der Waals surface area contributed by atoms with Crippen LogP contribution in [0.15, 0.2) is 0 Å². The Morgan fingerprint density at radius 2 is 1.79 bits per heavy atom. The lowest BCUT2D eigenvalue weighted by Crippen LogP contribution is -2.38. The van der Waals surface area contributed by atoms with Gasteiger partial charge >= 0.3 is 0 Å². The average molecular weight is 205 g/mol. The van der Waals surface area contributed by atoms with Crippen molar-refractivity contribution in [2.75, 3.05) is 32.9 Å². The molecule has 0 aromatic carbocycles. The first-order valence-corrected chi connectivity index (χ1v) is 4.73. The van der Waals surface area contributed by atoms with Crippen molar-refractivity contribution in [2.45, 2.75) is 20.0 Å². The molecule has 5 nitrogen and oxygen atoms in total. The predicted molar refractivity (Wildman–Crippen MR) is 51.8 cm³/mol. The number of nitrogens with zero attached hydrogens (tertiary/aromatic N) is 1. The number of aliphatic hydroxyl groups is 2. The van der Waals surface area contributed by atoms with Crippen molar-refractivity contribution in [3.05, 3.63) is 0 Å². The fourth-order valence-corrected chi connectivity index (χ4v) is 0.932. The summed E-state index contributed by atoms with van der Waals surface area (Å²) in [5, 5.41) is 17.3. The van der Waals surface area contributed by atoms with E-state index in [0.717, 1.165) is 0 Å². The van der Waals surface area contributed by atoms with E-state index in [1.807, 2.05) is 13.8 Å². The summed E-state index contributed by atoms with van der Waals surface area (Å²) >= 11 is 0. The van der Waals surface area contributed by atoms with Gasteiger partial charge in [-0.25, -0.2) is 0 Å². The second kappa shape index (κ2) is 7.73. The van der Waals surface area contributed by atoms with Crippen LogP contribution < -0.4 is 0 Å². The molecule has 0 fully saturated rings. The Kier molecular flexibility index (Phi) is 7.37. The van der Waals surface area contributed by atoms with Gasteiger partial charge in [0.2, 0.25) is 5.91 Å². The van der Waals surface area contributed by atoms with Crippen LogP contribution in [0.3, 0.4) is 0 Å². The van der Waals surface area contributed by atoms with Crippen LogP contribution in [-0.4, -0.2) is 60.0 Å². The molecule has 0 aliphatic rings. The zero-order valence-electron chi connectivity index (χ0n) is 8.77. The molecule has 0 saturated carbocycles. The van der Waals surface area contributed by atoms with Gasteiger partial charge in [-0.1, -0.05) is 0 Å². The topological polar surface area (TPSA) is 70.0 Å². The van der Waals surface area contributed by atoms with Crippen LogP contribution in [-0.2, 0) is 9.53 Å². The molecule has 0 rings (SSSR count). The van der Waals surface area contributed by atoms with E-state index >= 15 is 0 Å². The second-order valence-corrected chi connectivity index (χ2v) is 3.19. The van der Waals surface area contributed by atoms with Gasteiger partial charge in [0.05, 0.1) is 19.3 Å². The van der Waals surface area contributed by atoms with Crippen molar-refractivity contribution >= 4 is 5.91 Å². The summed E-state index contributed by atoms with van der Waals surface area (Å²) < 4.78 is 5.12. The van der Waals surface area contributed by atoms with Crippen LogP contribution in [0.25, 0.3) is 0 Å². The largest absolute Gasteiger partial charge is 0.395 e. The Hall–Kier alpha value is -0.650. The van der Waals surface area contributed by atoms with E-state index in [-0.39, 0.29) is 44.9 Å². The molecule has 0 aliphatic heterocycles. The van der Waals surface area contributed by atoms with E-state index in [4.69, 9.17) is 14.9 Å². The van der Waals surface area contributed by atoms with Crippen LogP contribution in [0.2, 0.25) is 0 Å². The fourth-order valence-electron chi connectivity index (χ4n) is 0.932. The Bertz CT molecular complexity index is 155. The Morgan fingerprint density at radius 3 is 2.14 bits per heavy atom. The van der Waals surface area contributed by atoms with Crippen molar-refractivity contribution < 1.29 is 19.7 Å². The molecule has 0 atom stereocenters. The normalized spacial score (nSPS) is 10.6. The number of aliphatic hydroxyl groups excluding tert-OH is 2. The monoisotopic (exact) mass is 205 g/mol. The lowest BCUT2D eigenvalue weighted by atomic mass is 10.4. The van der Waals surface area contributed by atoms with Crippen molar-refractivity contribution in [3.63, 3.8) is 0 Å². The minimum Gasteiger partial charge on any atom is -0.395 e. The first kappa shape index (κ1) is 13.4. The third-order valence-electron chi connectivity index (χ3n) is 1.63. The molecule has 0 radical (unpaired) electrons. The predicted octanol–water partition coefficient (Wildman–Crippen LogP) is -0.775. The highest BCUT2D eigenvalue weighted by molar-refractivity contribution is 5.77. The molecule has 0 unspecified atom stereocenters. The number of carbonyl (C=O) groups excluding carboxylic acids is 1. The van der Waals surface area contributed by atoms with E-state index in [1.165, 1.54) is 4.90 Å². The van der Waals surface area contributed by atoms with E-state index in [2.05, 4.69) is 0 Å². The summed E-state index contributed by atoms with van der Waals surface area (Å²) in [4.78, 5) is 12.8. The quantitative estimate of drug-likeness (QED) is 0.572. The average Bonchev–Trinajstić information content (AvgIpc) is 2.14. The molecular weight excluding hydrogens is 186 g/mol. The van der Waals surface area contributed by atoms with Gasteiger partial charge in [0.25, 0.3) is 0 Å². The summed E-state index contributed by atoms with van der Waals surface area (Å²) in [6.07, 6.45) is 0.00375. The molecule has 0 aliphatic carbocycles. The van der Waals surface area contributed by atoms with E-state index in [1.54, 1.807) is 0 Å². The van der Waals surface area contributed by atoms with Crippen LogP contribution >= 0.6 is 0 Å². The van der Waals surface area contributed by atoms with E-state index in [0.29, 0.717) is 0 Å². The number of hydrogen-bond donors (Lipinski definition) is 2. The smallest absolute Gasteiger partial charge is 0.248 e. The van der Waals surface area contributed by atoms with Gasteiger partial charge in [-0.2, -0.15) is 0 Å². The van der Waals surface area contributed by atoms with Crippen LogP contribution in [0, 0.1) is 0 Å². The Morgan fingerprint density at radius 1 is 1.29 bits per heavy atom. The lowest BCUT2D eigenvalue weighted by molar-refractivity contribution is -0.138. The summed E-state index contributed by atoms with van der Waals surface area (Å²) in [5.74, 6) is -0.207. The van der Waals surface area contributed by atoms with Crippen molar-refractivity contribution in [2.24, 2.45) is 0 Å². The minimum atomic E-state index is -0.207. The van der Waals surface area contributed by atoms with Gasteiger partial charge in [0.15, 0.2) is 0 Å². The first-order chi connectivity index (χ1) is 6.61. The zero-order valence-corrected chi connectivity index (χ0v) is 8.77. The number of carbonyl (C=O) groups is 1. The van der Waals surface area contributed by atoms with Crippen molar-refractivity contribution in [1.29, 1.82) is 0 Å². The molecule has 14 heavy (non-hydrogen) atoms. The van der Waals surface area contributed by atoms with Gasteiger partial charge in [0.1, 0.15) is 6.61 Å². The zero-order chi connectivity index (χ0) is 11.0. The van der Waals surface area contributed by atoms with Gasteiger partial charge in [0, 0.05) is 13.1 Å². The summed E-state index contributed by atoms with van der Waals surface area (Å²) in [6.45, 7) is 3.95. The highest BCUT2D eigenvalue weighted by atomic mass is 16.5. The molecule has 5 heteroatoms. The SMILES string of the molecule is CC(C)OCC(=O)N(CCO)CCO. The van der Waals surface area contributed by atoms with Crippen LogP contribution in [0.4, 0.5) is 0 Å². The molecule has 1 amide bonds. The maximum atomic E-state index is 11.4. The van der Waals surface area contributed by atoms with Gasteiger partial charge in [-0.15, -0.1) is 0 Å². The van der Waals surface area contributed by atoms with Crippen LogP contribution in [0.1, 0.15) is 13.8 Å². The Labute approximate surface area is 84.3 Å². The first-order valence-electron chi connectivity index (χ1n) is 4.73. The number of rotatable bonds is 7. The van der Waals surface area contributed by atoms with Gasteiger partial charge in [-0.05, 0) is 13.8 Å². The third-order valence-corrected chi connectivity index (χ3v) is 1.63. The minimum absolute atomic E-state index is 0.00231. The van der Waals surface area contributed by atoms with Gasteiger partial charge < -0.3 is 19.8 Å². The van der Waals surface area contributed by atoms with Gasteiger partial charge in [-0.3, -0.25) is 4.79 Å². The molecule has 84 valence electrons. The molecule has 0 heterocycles. The second-order valence-electron chi connectivity index (χ2n) is 3.19. The molecular formula is C9H19NO4. The third kappa shape index (κ3) is 5.90. The summed E-state index contributed by atoms with van der Waals surface area (Å²) in [7, 11) is 0. The fraction of sp³-hybridized carbons (Fsp3) is 0.889. The molecule has 2 N–H and O–H groups in total. The lowest BCUT2D eigenvalue weighted by Gasteiger charge is -2.21. The van der Waals surface area contributed by atoms with E-state index < -0.39 is 0 Å². The highest BCUT2D eigenvalue weighted by Gasteiger charge is 2.12. The molecule has 0 aromatic rings. The number of ether oxygens (including phenoxy) is 1. The van der Waals surface area contributed by atoms with Crippen molar-refractivity contribution in [1.82, 2.24) is 4.90 Å². The maximum Gasteiger partial charge on any atom is 0.248 e. The molecule has 0 aromatic heterocycles. The standard InChI is InChI=1S/C9H19NO4/c1-8(2)14-7-9(13)10(3-5-11)4-6-12/h8,11-12H,3-7H2,1-2H3. The molecule has 0 bridgehead atoms. The Balaban J connectivity index is 3.88. The molecule has 0 spiro atoms. The maximum absolute atomic E-state index is 11.4. The molecule has 0 saturated heterocycles. The number of amides is 1. The highest BCUT2D eigenvalue weighted by Crippen LogP contribution is 1.93.